The van der Waals surface area contributed by atoms with Crippen molar-refractivity contribution in [1.29, 1.82) is 5.26 Å². The van der Waals surface area contributed by atoms with E-state index in [-0.39, 0.29) is 11.6 Å². The molecule has 0 aliphatic heterocycles. The Bertz CT molecular complexity index is 701. The fraction of sp³-hybridized carbons (Fsp3) is 0.667. The largest absolute Gasteiger partial charge is 0.502 e. The molecule has 0 aliphatic carbocycles. The van der Waals surface area contributed by atoms with E-state index in [4.69, 9.17) is 5.26 Å². The minimum atomic E-state index is -0.754. The number of aromatic nitrogens is 1. The molecule has 2 N–H and O–H groups in total. The van der Waals surface area contributed by atoms with E-state index in [0.29, 0.717) is 0 Å². The van der Waals surface area contributed by atoms with Crippen LogP contribution in [-0.4, -0.2) is 14.8 Å². The lowest BCUT2D eigenvalue weighted by Crippen LogP contribution is -2.07. The molecule has 29 heavy (non-hydrogen) atoms. The molecular formula is C24H38N2O3. The lowest BCUT2D eigenvalue weighted by Gasteiger charge is -2.07. The number of pyridine rings is 1. The Balaban J connectivity index is 2.06. The van der Waals surface area contributed by atoms with Gasteiger partial charge in [-0.05, 0) is 12.8 Å². The Morgan fingerprint density at radius 3 is 1.86 bits per heavy atom. The van der Waals surface area contributed by atoms with Crippen LogP contribution in [0.1, 0.15) is 109 Å². The molecule has 0 aromatic carbocycles. The molecule has 0 aliphatic rings. The molecule has 0 amide bonds. The summed E-state index contributed by atoms with van der Waals surface area (Å²) in [5, 5.41) is 28.5. The van der Waals surface area contributed by atoms with Crippen molar-refractivity contribution < 1.29 is 10.2 Å². The summed E-state index contributed by atoms with van der Waals surface area (Å²) in [5.74, 6) is -0.979. The summed E-state index contributed by atoms with van der Waals surface area (Å²) in [5.41, 5.74) is -0.997. The molecule has 5 nitrogen and oxygen atoms in total. The Labute approximate surface area is 175 Å². The predicted molar refractivity (Wildman–Crippen MR) is 119 cm³/mol. The zero-order chi connectivity index (χ0) is 21.3. The summed E-state index contributed by atoms with van der Waals surface area (Å²) in [7, 11) is 0. The monoisotopic (exact) mass is 402 g/mol. The molecule has 0 spiro atoms. The van der Waals surface area contributed by atoms with E-state index in [0.717, 1.165) is 29.9 Å². The van der Waals surface area contributed by atoms with Gasteiger partial charge in [-0.1, -0.05) is 96.5 Å². The fourth-order valence-corrected chi connectivity index (χ4v) is 3.49. The maximum Gasteiger partial charge on any atom is 0.228 e. The van der Waals surface area contributed by atoms with E-state index >= 15 is 0 Å². The quantitative estimate of drug-likeness (QED) is 0.310. The first-order valence-electron chi connectivity index (χ1n) is 11.4. The highest BCUT2D eigenvalue weighted by Crippen LogP contribution is 2.18. The Morgan fingerprint density at radius 1 is 0.897 bits per heavy atom. The molecule has 1 rings (SSSR count). The fourth-order valence-electron chi connectivity index (χ4n) is 3.49. The van der Waals surface area contributed by atoms with Crippen LogP contribution < -0.4 is 5.43 Å². The van der Waals surface area contributed by atoms with Crippen LogP contribution in [0.2, 0.25) is 0 Å². The number of rotatable bonds is 16. The Hall–Kier alpha value is -2.22. The molecule has 0 saturated carbocycles. The maximum absolute atomic E-state index is 11.4. The van der Waals surface area contributed by atoms with Crippen LogP contribution in [0.25, 0.3) is 6.20 Å². The third-order valence-electron chi connectivity index (χ3n) is 5.29. The molecule has 0 unspecified atom stereocenters. The van der Waals surface area contributed by atoms with Crippen molar-refractivity contribution >= 4 is 6.20 Å². The lowest BCUT2D eigenvalue weighted by molar-refractivity contribution is 0.423. The topological polar surface area (TPSA) is 86.2 Å². The molecule has 0 radical (unpaired) electrons. The van der Waals surface area contributed by atoms with Gasteiger partial charge in [0, 0.05) is 6.20 Å². The number of allylic oxidation sites excluding steroid dienone is 1. The third kappa shape index (κ3) is 10.2. The molecule has 5 heteroatoms. The Kier molecular flexibility index (Phi) is 13.4. The van der Waals surface area contributed by atoms with E-state index < -0.39 is 11.2 Å². The molecule has 1 aromatic heterocycles. The molecule has 0 saturated heterocycles. The summed E-state index contributed by atoms with van der Waals surface area (Å²) in [4.78, 5) is 11.4. The highest BCUT2D eigenvalue weighted by Gasteiger charge is 2.12. The SMILES string of the molecule is CCCCCCCCCCCCCCCCC=Cn1c(O)cc(=O)c(O)c1C#N. The molecule has 0 fully saturated rings. The number of nitrogens with zero attached hydrogens (tertiary/aromatic N) is 2. The number of aromatic hydroxyl groups is 2. The van der Waals surface area contributed by atoms with Gasteiger partial charge in [0.2, 0.25) is 5.43 Å². The second-order valence-corrected chi connectivity index (χ2v) is 7.82. The second kappa shape index (κ2) is 15.7. The van der Waals surface area contributed by atoms with Crippen molar-refractivity contribution in [2.45, 2.75) is 103 Å². The van der Waals surface area contributed by atoms with Crippen LogP contribution in [0, 0.1) is 11.3 Å². The highest BCUT2D eigenvalue weighted by molar-refractivity contribution is 5.46. The van der Waals surface area contributed by atoms with Gasteiger partial charge in [-0.2, -0.15) is 5.26 Å². The van der Waals surface area contributed by atoms with Crippen LogP contribution in [0.3, 0.4) is 0 Å². The van der Waals surface area contributed by atoms with Crippen molar-refractivity contribution in [2.24, 2.45) is 0 Å². The molecule has 0 bridgehead atoms. The van der Waals surface area contributed by atoms with Gasteiger partial charge in [-0.3, -0.25) is 9.36 Å². The summed E-state index contributed by atoms with van der Waals surface area (Å²) in [6.45, 7) is 2.26. The van der Waals surface area contributed by atoms with Crippen LogP contribution in [0.4, 0.5) is 0 Å². The van der Waals surface area contributed by atoms with Crippen LogP contribution in [0.15, 0.2) is 16.9 Å². The van der Waals surface area contributed by atoms with Gasteiger partial charge in [0.25, 0.3) is 0 Å². The zero-order valence-corrected chi connectivity index (χ0v) is 18.0. The molecule has 0 atom stereocenters. The van der Waals surface area contributed by atoms with Crippen LogP contribution in [0.5, 0.6) is 11.6 Å². The second-order valence-electron chi connectivity index (χ2n) is 7.82. The number of nitriles is 1. The average molecular weight is 403 g/mol. The van der Waals surface area contributed by atoms with Crippen molar-refractivity contribution in [2.75, 3.05) is 0 Å². The van der Waals surface area contributed by atoms with Gasteiger partial charge < -0.3 is 10.2 Å². The van der Waals surface area contributed by atoms with Crippen molar-refractivity contribution in [3.05, 3.63) is 28.1 Å². The van der Waals surface area contributed by atoms with Gasteiger partial charge >= 0.3 is 0 Å². The molecule has 1 heterocycles. The highest BCUT2D eigenvalue weighted by atomic mass is 16.3. The van der Waals surface area contributed by atoms with Crippen LogP contribution in [-0.2, 0) is 0 Å². The van der Waals surface area contributed by atoms with Gasteiger partial charge in [-0.15, -0.1) is 0 Å². The van der Waals surface area contributed by atoms with E-state index in [9.17, 15) is 15.0 Å². The van der Waals surface area contributed by atoms with Crippen LogP contribution >= 0.6 is 0 Å². The summed E-state index contributed by atoms with van der Waals surface area (Å²) < 4.78 is 1.14. The summed E-state index contributed by atoms with van der Waals surface area (Å²) in [6, 6.07) is 2.66. The number of hydrogen-bond donors (Lipinski definition) is 2. The standard InChI is InChI=1S/C24H38N2O3/c1-2-3-4-5-6-7-8-9-10-11-12-13-14-15-16-17-18-26-21(20-25)24(29)22(27)19-23(26)28/h17-19,28-29H,2-16H2,1H3. The van der Waals surface area contributed by atoms with Gasteiger partial charge in [-0.25, -0.2) is 0 Å². The van der Waals surface area contributed by atoms with Crippen molar-refractivity contribution in [1.82, 2.24) is 4.57 Å². The van der Waals surface area contributed by atoms with E-state index in [1.54, 1.807) is 6.07 Å². The Morgan fingerprint density at radius 2 is 1.38 bits per heavy atom. The van der Waals surface area contributed by atoms with Gasteiger partial charge in [0.05, 0.1) is 6.07 Å². The van der Waals surface area contributed by atoms with Gasteiger partial charge in [0.15, 0.2) is 17.3 Å². The normalized spacial score (nSPS) is 11.2. The summed E-state index contributed by atoms with van der Waals surface area (Å²) >= 11 is 0. The first kappa shape index (κ1) is 24.8. The average Bonchev–Trinajstić information content (AvgIpc) is 2.71. The van der Waals surface area contributed by atoms with Crippen molar-refractivity contribution in [3.63, 3.8) is 0 Å². The predicted octanol–water partition coefficient (Wildman–Crippen LogP) is 6.47. The third-order valence-corrected chi connectivity index (χ3v) is 5.29. The van der Waals surface area contributed by atoms with E-state index in [2.05, 4.69) is 6.92 Å². The van der Waals surface area contributed by atoms with E-state index in [1.807, 2.05) is 6.08 Å². The lowest BCUT2D eigenvalue weighted by atomic mass is 10.0. The molecule has 162 valence electrons. The van der Waals surface area contributed by atoms with Gasteiger partial charge in [0.1, 0.15) is 6.07 Å². The minimum absolute atomic E-state index is 0.243. The minimum Gasteiger partial charge on any atom is -0.502 e. The number of unbranched alkanes of at least 4 members (excludes halogenated alkanes) is 14. The number of hydrogen-bond acceptors (Lipinski definition) is 4. The first-order valence-corrected chi connectivity index (χ1v) is 11.4. The van der Waals surface area contributed by atoms with E-state index in [1.165, 1.54) is 83.2 Å². The maximum atomic E-state index is 11.4. The zero-order valence-electron chi connectivity index (χ0n) is 18.0. The smallest absolute Gasteiger partial charge is 0.228 e. The molecule has 1 aromatic rings. The van der Waals surface area contributed by atoms with Crippen molar-refractivity contribution in [3.8, 4) is 17.7 Å². The summed E-state index contributed by atoms with van der Waals surface area (Å²) in [6.07, 6.45) is 22.7. The molecular weight excluding hydrogens is 364 g/mol. The first-order chi connectivity index (χ1) is 14.1.